The Morgan fingerprint density at radius 3 is 2.44 bits per heavy atom. The maximum absolute atomic E-state index is 13.1. The highest BCUT2D eigenvalue weighted by Gasteiger charge is 2.38. The van der Waals surface area contributed by atoms with Crippen LogP contribution in [0.2, 0.25) is 0 Å². The topological polar surface area (TPSA) is 124 Å². The Hall–Kier alpha value is -4.00. The van der Waals surface area contributed by atoms with Crippen LogP contribution < -0.4 is 5.56 Å². The summed E-state index contributed by atoms with van der Waals surface area (Å²) in [6, 6.07) is 9.49. The van der Waals surface area contributed by atoms with Crippen molar-refractivity contribution in [2.24, 2.45) is 0 Å². The lowest BCUT2D eigenvalue weighted by molar-refractivity contribution is -0.192. The number of nitrogens with zero attached hydrogens (tertiary/aromatic N) is 5. The van der Waals surface area contributed by atoms with Gasteiger partial charge in [-0.25, -0.2) is 14.6 Å². The number of amides is 1. The SMILES string of the molecule is Cc1c(C(=O)N2CCc3cc(CN(C)C)ccc3C2)cnn1-c1ccc(=O)[nH]n1.O=C(O)C(F)(F)F. The van der Waals surface area contributed by atoms with Crippen molar-refractivity contribution in [3.05, 3.63) is 74.8 Å². The fourth-order valence-corrected chi connectivity index (χ4v) is 3.72. The van der Waals surface area contributed by atoms with Gasteiger partial charge < -0.3 is 14.9 Å². The molecule has 4 rings (SSSR count). The summed E-state index contributed by atoms with van der Waals surface area (Å²) in [5.74, 6) is -2.33. The average Bonchev–Trinajstić information content (AvgIpc) is 3.19. The van der Waals surface area contributed by atoms with Crippen LogP contribution in [0.3, 0.4) is 0 Å². The molecule has 0 saturated heterocycles. The molecule has 1 amide bonds. The quantitative estimate of drug-likeness (QED) is 0.556. The third kappa shape index (κ3) is 6.36. The Bertz CT molecular complexity index is 1300. The number of carbonyl (C=O) groups excluding carboxylic acids is 1. The van der Waals surface area contributed by atoms with Crippen LogP contribution in [0.5, 0.6) is 0 Å². The van der Waals surface area contributed by atoms with Crippen molar-refractivity contribution in [3.63, 3.8) is 0 Å². The molecule has 0 atom stereocenters. The van der Waals surface area contributed by atoms with Crippen LogP contribution in [0.4, 0.5) is 13.2 Å². The van der Waals surface area contributed by atoms with E-state index in [2.05, 4.69) is 52.5 Å². The van der Waals surface area contributed by atoms with Crippen molar-refractivity contribution in [3.8, 4) is 5.82 Å². The number of nitrogens with one attached hydrogen (secondary N) is 1. The maximum atomic E-state index is 13.1. The van der Waals surface area contributed by atoms with Crippen LogP contribution in [0.25, 0.3) is 5.82 Å². The summed E-state index contributed by atoms with van der Waals surface area (Å²) in [4.78, 5) is 37.3. The number of carbonyl (C=O) groups is 2. The van der Waals surface area contributed by atoms with E-state index in [1.807, 2.05) is 11.8 Å². The zero-order chi connectivity index (χ0) is 26.6. The van der Waals surface area contributed by atoms with E-state index in [1.54, 1.807) is 16.9 Å². The van der Waals surface area contributed by atoms with Gasteiger partial charge >= 0.3 is 12.1 Å². The number of hydrogen-bond acceptors (Lipinski definition) is 6. The van der Waals surface area contributed by atoms with Gasteiger partial charge in [0.1, 0.15) is 0 Å². The number of halogens is 3. The Morgan fingerprint density at radius 2 is 1.86 bits per heavy atom. The van der Waals surface area contributed by atoms with Crippen molar-refractivity contribution in [2.75, 3.05) is 20.6 Å². The smallest absolute Gasteiger partial charge is 0.475 e. The van der Waals surface area contributed by atoms with E-state index < -0.39 is 12.1 Å². The normalized spacial score (nSPS) is 13.1. The third-order valence-electron chi connectivity index (χ3n) is 5.43. The zero-order valence-electron chi connectivity index (χ0n) is 19.8. The number of fused-ring (bicyclic) bond motifs is 1. The number of aromatic nitrogens is 4. The molecule has 13 heteroatoms. The van der Waals surface area contributed by atoms with E-state index in [0.717, 1.165) is 13.0 Å². The first-order valence-corrected chi connectivity index (χ1v) is 10.8. The van der Waals surface area contributed by atoms with Gasteiger partial charge in [0.15, 0.2) is 5.82 Å². The van der Waals surface area contributed by atoms with E-state index in [-0.39, 0.29) is 11.5 Å². The minimum atomic E-state index is -5.08. The largest absolute Gasteiger partial charge is 0.490 e. The van der Waals surface area contributed by atoms with Crippen LogP contribution >= 0.6 is 0 Å². The first-order chi connectivity index (χ1) is 16.9. The molecule has 1 aliphatic heterocycles. The minimum Gasteiger partial charge on any atom is -0.475 e. The number of hydrogen-bond donors (Lipinski definition) is 2. The highest BCUT2D eigenvalue weighted by Crippen LogP contribution is 2.23. The van der Waals surface area contributed by atoms with E-state index >= 15 is 0 Å². The average molecular weight is 506 g/mol. The molecule has 192 valence electrons. The van der Waals surface area contributed by atoms with Crippen molar-refractivity contribution >= 4 is 11.9 Å². The van der Waals surface area contributed by atoms with Crippen LogP contribution in [-0.2, 0) is 24.3 Å². The number of alkyl halides is 3. The second-order valence-electron chi connectivity index (χ2n) is 8.46. The molecule has 1 aliphatic rings. The van der Waals surface area contributed by atoms with Gasteiger partial charge in [-0.3, -0.25) is 9.59 Å². The molecule has 0 fully saturated rings. The van der Waals surface area contributed by atoms with Crippen molar-refractivity contribution in [1.29, 1.82) is 0 Å². The van der Waals surface area contributed by atoms with Gasteiger partial charge in [0.2, 0.25) is 0 Å². The predicted octanol–water partition coefficient (Wildman–Crippen LogP) is 2.16. The maximum Gasteiger partial charge on any atom is 0.490 e. The lowest BCUT2D eigenvalue weighted by atomic mass is 9.96. The molecule has 0 bridgehead atoms. The number of carboxylic acids is 1. The van der Waals surface area contributed by atoms with Gasteiger partial charge in [-0.2, -0.15) is 23.4 Å². The molecular formula is C23H25F3N6O4. The lowest BCUT2D eigenvalue weighted by Crippen LogP contribution is -2.36. The molecule has 3 aromatic rings. The highest BCUT2D eigenvalue weighted by atomic mass is 19.4. The van der Waals surface area contributed by atoms with Gasteiger partial charge in [0.25, 0.3) is 11.5 Å². The summed E-state index contributed by atoms with van der Waals surface area (Å²) in [5, 5.41) is 17.8. The number of benzene rings is 1. The molecule has 0 unspecified atom stereocenters. The van der Waals surface area contributed by atoms with Gasteiger partial charge in [-0.15, -0.1) is 0 Å². The molecule has 2 N–H and O–H groups in total. The number of rotatable bonds is 4. The molecule has 3 heterocycles. The van der Waals surface area contributed by atoms with Gasteiger partial charge in [-0.05, 0) is 50.2 Å². The number of aliphatic carboxylic acids is 1. The molecular weight excluding hydrogens is 481 g/mol. The van der Waals surface area contributed by atoms with Crippen molar-refractivity contribution in [2.45, 2.75) is 32.6 Å². The lowest BCUT2D eigenvalue weighted by Gasteiger charge is -2.29. The van der Waals surface area contributed by atoms with E-state index in [9.17, 15) is 22.8 Å². The summed E-state index contributed by atoms with van der Waals surface area (Å²) >= 11 is 0. The molecule has 10 nitrogen and oxygen atoms in total. The number of aromatic amines is 1. The van der Waals surface area contributed by atoms with Crippen molar-refractivity contribution in [1.82, 2.24) is 29.8 Å². The Kier molecular flexibility index (Phi) is 7.93. The summed E-state index contributed by atoms with van der Waals surface area (Å²) in [7, 11) is 4.12. The van der Waals surface area contributed by atoms with Crippen LogP contribution in [0.1, 0.15) is 32.7 Å². The first kappa shape index (κ1) is 26.6. The molecule has 0 radical (unpaired) electrons. The molecule has 0 saturated carbocycles. The molecule has 36 heavy (non-hydrogen) atoms. The number of carboxylic acid groups (broad SMARTS) is 1. The zero-order valence-corrected chi connectivity index (χ0v) is 19.8. The summed E-state index contributed by atoms with van der Waals surface area (Å²) in [5.41, 5.74) is 4.76. The third-order valence-corrected chi connectivity index (χ3v) is 5.43. The monoisotopic (exact) mass is 506 g/mol. The summed E-state index contributed by atoms with van der Waals surface area (Å²) in [6.07, 6.45) is -2.67. The van der Waals surface area contributed by atoms with Crippen LogP contribution in [0, 0.1) is 6.92 Å². The Labute approximate surface area is 204 Å². The first-order valence-electron chi connectivity index (χ1n) is 10.8. The minimum absolute atomic E-state index is 0.0406. The van der Waals surface area contributed by atoms with E-state index in [1.165, 1.54) is 22.8 Å². The molecule has 0 aliphatic carbocycles. The van der Waals surface area contributed by atoms with E-state index in [0.29, 0.717) is 30.2 Å². The van der Waals surface area contributed by atoms with Gasteiger partial charge in [0.05, 0.1) is 17.5 Å². The molecule has 1 aromatic carbocycles. The second kappa shape index (κ2) is 10.7. The molecule has 2 aromatic heterocycles. The second-order valence-corrected chi connectivity index (χ2v) is 8.46. The van der Waals surface area contributed by atoms with Gasteiger partial charge in [0, 0.05) is 25.7 Å². The Morgan fingerprint density at radius 1 is 1.17 bits per heavy atom. The standard InChI is InChI=1S/C21H24N6O2.C2HF3O2/c1-14-18(11-22-27(14)19-6-7-20(28)24-23-19)21(29)26-9-8-16-10-15(12-25(2)3)4-5-17(16)13-26;3-2(4,5)1(6)7/h4-7,10-11H,8-9,12-13H2,1-3H3,(H,24,28);(H,6,7). The van der Waals surface area contributed by atoms with Crippen LogP contribution in [-0.4, -0.2) is 73.6 Å². The predicted molar refractivity (Wildman–Crippen MR) is 123 cm³/mol. The summed E-state index contributed by atoms with van der Waals surface area (Å²) in [6.45, 7) is 4.02. The Balaban J connectivity index is 0.000000454. The fraction of sp³-hybridized carbons (Fsp3) is 0.348. The highest BCUT2D eigenvalue weighted by molar-refractivity contribution is 5.95. The van der Waals surface area contributed by atoms with Crippen molar-refractivity contribution < 1.29 is 27.9 Å². The fourth-order valence-electron chi connectivity index (χ4n) is 3.72. The van der Waals surface area contributed by atoms with Crippen LogP contribution in [0.15, 0.2) is 41.3 Å². The van der Waals surface area contributed by atoms with Gasteiger partial charge in [-0.1, -0.05) is 18.2 Å². The number of H-pyrrole nitrogens is 1. The summed E-state index contributed by atoms with van der Waals surface area (Å²) < 4.78 is 33.3. The van der Waals surface area contributed by atoms with E-state index in [4.69, 9.17) is 9.90 Å². The molecule has 0 spiro atoms.